The Morgan fingerprint density at radius 1 is 0.958 bits per heavy atom. The second kappa shape index (κ2) is 6.40. The maximum absolute atomic E-state index is 10.7. The lowest BCUT2D eigenvalue weighted by Crippen LogP contribution is -2.34. The Labute approximate surface area is 141 Å². The fourth-order valence-electron chi connectivity index (χ4n) is 3.42. The van der Waals surface area contributed by atoms with Gasteiger partial charge in [0.2, 0.25) is 0 Å². The van der Waals surface area contributed by atoms with Crippen LogP contribution in [-0.2, 0) is 0 Å². The first-order valence-electron chi connectivity index (χ1n) is 8.36. The minimum Gasteiger partial charge on any atom is -0.453 e. The maximum atomic E-state index is 10.7. The van der Waals surface area contributed by atoms with E-state index in [2.05, 4.69) is 58.3 Å². The summed E-state index contributed by atoms with van der Waals surface area (Å²) in [6.45, 7) is 2.14. The molecule has 0 N–H and O–H groups in total. The molecule has 1 fully saturated rings. The topological polar surface area (TPSA) is 38.4 Å². The van der Waals surface area contributed by atoms with Crippen LogP contribution in [0.4, 0.5) is 5.69 Å². The van der Waals surface area contributed by atoms with Crippen LogP contribution in [0.25, 0.3) is 11.3 Å². The third-order valence-electron chi connectivity index (χ3n) is 4.77. The highest BCUT2D eigenvalue weighted by Crippen LogP contribution is 2.29. The van der Waals surface area contributed by atoms with Crippen LogP contribution < -0.4 is 4.90 Å². The summed E-state index contributed by atoms with van der Waals surface area (Å²) in [5, 5.41) is 0. The zero-order valence-electron chi connectivity index (χ0n) is 13.5. The number of aldehydes is 1. The van der Waals surface area contributed by atoms with Gasteiger partial charge in [0.1, 0.15) is 5.76 Å². The summed E-state index contributed by atoms with van der Waals surface area (Å²) in [6, 6.07) is 16.7. The summed E-state index contributed by atoms with van der Waals surface area (Å²) in [6.07, 6.45) is 7.37. The molecule has 0 atom stereocenters. The van der Waals surface area contributed by atoms with E-state index in [0.29, 0.717) is 11.8 Å². The maximum Gasteiger partial charge on any atom is 0.185 e. The molecule has 3 heterocycles. The molecule has 0 aliphatic carbocycles. The van der Waals surface area contributed by atoms with E-state index < -0.39 is 0 Å². The zero-order chi connectivity index (χ0) is 16.4. The van der Waals surface area contributed by atoms with E-state index in [1.165, 1.54) is 5.69 Å². The van der Waals surface area contributed by atoms with Gasteiger partial charge in [0, 0.05) is 42.8 Å². The monoisotopic (exact) mass is 320 g/mol. The molecule has 0 radical (unpaired) electrons. The molecule has 0 unspecified atom stereocenters. The van der Waals surface area contributed by atoms with Gasteiger partial charge in [-0.25, -0.2) is 0 Å². The van der Waals surface area contributed by atoms with Crippen LogP contribution in [0.15, 0.2) is 65.3 Å². The molecule has 0 bridgehead atoms. The van der Waals surface area contributed by atoms with E-state index in [1.54, 1.807) is 6.07 Å². The normalized spacial score (nSPS) is 15.6. The number of furan rings is 1. The van der Waals surface area contributed by atoms with Crippen LogP contribution in [0.5, 0.6) is 0 Å². The van der Waals surface area contributed by atoms with Gasteiger partial charge in [-0.05, 0) is 61.4 Å². The highest BCUT2D eigenvalue weighted by atomic mass is 16.3. The molecule has 4 heteroatoms. The molecular weight excluding hydrogens is 300 g/mol. The first kappa shape index (κ1) is 14.8. The van der Waals surface area contributed by atoms with Crippen molar-refractivity contribution >= 4 is 12.0 Å². The lowest BCUT2D eigenvalue weighted by Gasteiger charge is -2.34. The molecule has 0 saturated carbocycles. The number of nitrogens with zero attached hydrogens (tertiary/aromatic N) is 2. The molecule has 2 aromatic heterocycles. The molecule has 122 valence electrons. The minimum absolute atomic E-state index is 0.362. The predicted molar refractivity (Wildman–Crippen MR) is 94.4 cm³/mol. The van der Waals surface area contributed by atoms with Gasteiger partial charge >= 0.3 is 0 Å². The van der Waals surface area contributed by atoms with Crippen LogP contribution in [-0.4, -0.2) is 23.9 Å². The SMILES string of the molecule is O=Cc1ccc(-c2ccc(N3CCC(n4cccc4)CC3)cc2)o1. The van der Waals surface area contributed by atoms with E-state index in [1.807, 2.05) is 6.07 Å². The van der Waals surface area contributed by atoms with Crippen molar-refractivity contribution in [2.75, 3.05) is 18.0 Å². The molecule has 1 saturated heterocycles. The van der Waals surface area contributed by atoms with Crippen molar-refractivity contribution in [3.63, 3.8) is 0 Å². The summed E-state index contributed by atoms with van der Waals surface area (Å²) < 4.78 is 7.80. The highest BCUT2D eigenvalue weighted by molar-refractivity contribution is 5.73. The fourth-order valence-corrected chi connectivity index (χ4v) is 3.42. The molecule has 1 aromatic carbocycles. The Bertz CT molecular complexity index is 795. The van der Waals surface area contributed by atoms with E-state index >= 15 is 0 Å². The van der Waals surface area contributed by atoms with E-state index in [4.69, 9.17) is 4.42 Å². The van der Waals surface area contributed by atoms with Gasteiger partial charge in [-0.3, -0.25) is 4.79 Å². The van der Waals surface area contributed by atoms with Gasteiger partial charge in [0.25, 0.3) is 0 Å². The summed E-state index contributed by atoms with van der Waals surface area (Å²) in [5.41, 5.74) is 2.24. The van der Waals surface area contributed by atoms with Gasteiger partial charge in [-0.2, -0.15) is 0 Å². The molecule has 0 amide bonds. The summed E-state index contributed by atoms with van der Waals surface area (Å²) >= 11 is 0. The number of benzene rings is 1. The van der Waals surface area contributed by atoms with Gasteiger partial charge in [-0.1, -0.05) is 0 Å². The number of rotatable bonds is 4. The number of carbonyl (C=O) groups is 1. The van der Waals surface area contributed by atoms with Crippen molar-refractivity contribution in [1.29, 1.82) is 0 Å². The Morgan fingerprint density at radius 2 is 1.67 bits per heavy atom. The van der Waals surface area contributed by atoms with Crippen molar-refractivity contribution in [1.82, 2.24) is 4.57 Å². The second-order valence-corrected chi connectivity index (χ2v) is 6.22. The third kappa shape index (κ3) is 2.87. The van der Waals surface area contributed by atoms with Crippen LogP contribution >= 0.6 is 0 Å². The summed E-state index contributed by atoms with van der Waals surface area (Å²) in [4.78, 5) is 13.2. The molecule has 4 nitrogen and oxygen atoms in total. The smallest absolute Gasteiger partial charge is 0.185 e. The van der Waals surface area contributed by atoms with Crippen molar-refractivity contribution in [3.8, 4) is 11.3 Å². The van der Waals surface area contributed by atoms with Crippen LogP contribution in [0.2, 0.25) is 0 Å². The van der Waals surface area contributed by atoms with Gasteiger partial charge in [0.05, 0.1) is 0 Å². The van der Waals surface area contributed by atoms with Gasteiger partial charge in [0.15, 0.2) is 12.0 Å². The summed E-state index contributed by atoms with van der Waals surface area (Å²) in [7, 11) is 0. The van der Waals surface area contributed by atoms with Crippen LogP contribution in [0.1, 0.15) is 29.4 Å². The number of hydrogen-bond donors (Lipinski definition) is 0. The lowest BCUT2D eigenvalue weighted by molar-refractivity contribution is 0.110. The molecule has 1 aliphatic rings. The first-order valence-corrected chi connectivity index (χ1v) is 8.36. The second-order valence-electron chi connectivity index (χ2n) is 6.22. The average Bonchev–Trinajstić information content (AvgIpc) is 3.34. The lowest BCUT2D eigenvalue weighted by atomic mass is 10.0. The Balaban J connectivity index is 1.43. The molecule has 1 aliphatic heterocycles. The Morgan fingerprint density at radius 3 is 2.29 bits per heavy atom. The zero-order valence-corrected chi connectivity index (χ0v) is 13.5. The van der Waals surface area contributed by atoms with Crippen LogP contribution in [0, 0.1) is 0 Å². The number of hydrogen-bond acceptors (Lipinski definition) is 3. The third-order valence-corrected chi connectivity index (χ3v) is 4.77. The fraction of sp³-hybridized carbons (Fsp3) is 0.250. The Hall–Kier alpha value is -2.75. The van der Waals surface area contributed by atoms with E-state index in [0.717, 1.165) is 43.5 Å². The molecule has 3 aromatic rings. The van der Waals surface area contributed by atoms with E-state index in [9.17, 15) is 4.79 Å². The number of anilines is 1. The number of piperidine rings is 1. The average molecular weight is 320 g/mol. The van der Waals surface area contributed by atoms with Crippen molar-refractivity contribution < 1.29 is 9.21 Å². The number of aromatic nitrogens is 1. The van der Waals surface area contributed by atoms with Crippen molar-refractivity contribution in [3.05, 3.63) is 66.7 Å². The predicted octanol–water partition coefficient (Wildman–Crippen LogP) is 4.40. The minimum atomic E-state index is 0.362. The molecule has 4 rings (SSSR count). The largest absolute Gasteiger partial charge is 0.453 e. The highest BCUT2D eigenvalue weighted by Gasteiger charge is 2.20. The van der Waals surface area contributed by atoms with Gasteiger partial charge < -0.3 is 13.9 Å². The molecular formula is C20H20N2O2. The molecule has 0 spiro atoms. The van der Waals surface area contributed by atoms with E-state index in [-0.39, 0.29) is 0 Å². The van der Waals surface area contributed by atoms with Crippen LogP contribution in [0.3, 0.4) is 0 Å². The standard InChI is InChI=1S/C20H20N2O2/c23-15-19-7-8-20(24-19)16-3-5-17(6-4-16)22-13-9-18(10-14-22)21-11-1-2-12-21/h1-8,11-12,15,18H,9-10,13-14H2. The van der Waals surface area contributed by atoms with Crippen molar-refractivity contribution in [2.24, 2.45) is 0 Å². The van der Waals surface area contributed by atoms with Gasteiger partial charge in [-0.15, -0.1) is 0 Å². The van der Waals surface area contributed by atoms with Crippen molar-refractivity contribution in [2.45, 2.75) is 18.9 Å². The summed E-state index contributed by atoms with van der Waals surface area (Å²) in [5.74, 6) is 1.09. The first-order chi connectivity index (χ1) is 11.8. The quantitative estimate of drug-likeness (QED) is 0.669. The Kier molecular flexibility index (Phi) is 3.95. The molecule has 24 heavy (non-hydrogen) atoms. The number of carbonyl (C=O) groups excluding carboxylic acids is 1.